The maximum Gasteiger partial charge on any atom is 0.220 e. The van der Waals surface area contributed by atoms with Gasteiger partial charge in [0.1, 0.15) is 17.5 Å². The number of aromatic nitrogens is 3. The number of carbonyl (C=O) groups excluding carboxylic acids is 1. The van der Waals surface area contributed by atoms with E-state index in [9.17, 15) is 13.6 Å². The first-order valence-electron chi connectivity index (χ1n) is 8.67. The molecule has 0 saturated heterocycles. The van der Waals surface area contributed by atoms with Crippen molar-refractivity contribution in [3.63, 3.8) is 0 Å². The minimum atomic E-state index is -0.719. The summed E-state index contributed by atoms with van der Waals surface area (Å²) >= 11 is 0. The van der Waals surface area contributed by atoms with Crippen LogP contribution in [-0.2, 0) is 17.8 Å². The molecule has 2 aromatic heterocycles. The quantitative estimate of drug-likeness (QED) is 0.614. The Morgan fingerprint density at radius 3 is 2.89 bits per heavy atom. The number of carbonyl (C=O) groups is 1. The number of benzene rings is 1. The van der Waals surface area contributed by atoms with Gasteiger partial charge in [-0.15, -0.1) is 0 Å². The van der Waals surface area contributed by atoms with Crippen LogP contribution in [0.5, 0.6) is 0 Å². The zero-order valence-corrected chi connectivity index (χ0v) is 14.9. The van der Waals surface area contributed by atoms with Crippen molar-refractivity contribution in [1.29, 1.82) is 0 Å². The highest BCUT2D eigenvalue weighted by Gasteiger charge is 2.13. The molecule has 6 nitrogen and oxygen atoms in total. The van der Waals surface area contributed by atoms with Crippen LogP contribution in [0.25, 0.3) is 11.3 Å². The smallest absolute Gasteiger partial charge is 0.220 e. The van der Waals surface area contributed by atoms with Crippen molar-refractivity contribution in [1.82, 2.24) is 19.9 Å². The number of aryl methyl sites for hydroxylation is 3. The zero-order chi connectivity index (χ0) is 19.2. The van der Waals surface area contributed by atoms with Gasteiger partial charge in [0, 0.05) is 44.4 Å². The predicted octanol–water partition coefficient (Wildman–Crippen LogP) is 3.26. The summed E-state index contributed by atoms with van der Waals surface area (Å²) in [5.74, 6) is -0.000336. The van der Waals surface area contributed by atoms with Crippen LogP contribution in [0.4, 0.5) is 8.78 Å². The fraction of sp³-hybridized carbons (Fsp3) is 0.316. The average Bonchev–Trinajstić information content (AvgIpc) is 3.26. The molecule has 0 atom stereocenters. The van der Waals surface area contributed by atoms with Gasteiger partial charge >= 0.3 is 0 Å². The van der Waals surface area contributed by atoms with Gasteiger partial charge in [0.2, 0.25) is 5.91 Å². The van der Waals surface area contributed by atoms with E-state index in [-0.39, 0.29) is 23.7 Å². The first kappa shape index (κ1) is 18.8. The van der Waals surface area contributed by atoms with E-state index in [0.29, 0.717) is 18.9 Å². The minimum absolute atomic E-state index is 0.106. The van der Waals surface area contributed by atoms with Gasteiger partial charge in [-0.25, -0.2) is 18.7 Å². The SMILES string of the molecule is Cc1nccn1CCCNC(=O)CCc1ncc(-c2ccc(F)cc2F)o1. The fourth-order valence-corrected chi connectivity index (χ4v) is 2.67. The number of hydrogen-bond acceptors (Lipinski definition) is 4. The first-order valence-corrected chi connectivity index (χ1v) is 8.67. The number of oxazole rings is 1. The summed E-state index contributed by atoms with van der Waals surface area (Å²) in [6.07, 6.45) is 6.34. The summed E-state index contributed by atoms with van der Waals surface area (Å²) in [5, 5.41) is 2.84. The molecule has 142 valence electrons. The van der Waals surface area contributed by atoms with Crippen molar-refractivity contribution in [2.45, 2.75) is 32.7 Å². The third-order valence-electron chi connectivity index (χ3n) is 4.14. The van der Waals surface area contributed by atoms with Gasteiger partial charge < -0.3 is 14.3 Å². The molecular formula is C19H20F2N4O2. The first-order chi connectivity index (χ1) is 13.0. The van der Waals surface area contributed by atoms with Crippen LogP contribution in [0.1, 0.15) is 24.6 Å². The zero-order valence-electron chi connectivity index (χ0n) is 14.9. The van der Waals surface area contributed by atoms with Gasteiger partial charge in [-0.1, -0.05) is 0 Å². The van der Waals surface area contributed by atoms with Crippen molar-refractivity contribution >= 4 is 5.91 Å². The van der Waals surface area contributed by atoms with E-state index in [1.54, 1.807) is 6.20 Å². The summed E-state index contributed by atoms with van der Waals surface area (Å²) in [6, 6.07) is 3.24. The summed E-state index contributed by atoms with van der Waals surface area (Å²) in [7, 11) is 0. The Morgan fingerprint density at radius 2 is 2.15 bits per heavy atom. The largest absolute Gasteiger partial charge is 0.441 e. The van der Waals surface area contributed by atoms with Crippen LogP contribution in [0, 0.1) is 18.6 Å². The summed E-state index contributed by atoms with van der Waals surface area (Å²) < 4.78 is 34.2. The van der Waals surface area contributed by atoms with E-state index in [2.05, 4.69) is 15.3 Å². The van der Waals surface area contributed by atoms with Crippen LogP contribution < -0.4 is 5.32 Å². The van der Waals surface area contributed by atoms with E-state index < -0.39 is 11.6 Å². The number of hydrogen-bond donors (Lipinski definition) is 1. The highest BCUT2D eigenvalue weighted by molar-refractivity contribution is 5.76. The fourth-order valence-electron chi connectivity index (χ4n) is 2.67. The second-order valence-corrected chi connectivity index (χ2v) is 6.11. The van der Waals surface area contributed by atoms with E-state index in [1.165, 1.54) is 12.3 Å². The van der Waals surface area contributed by atoms with E-state index >= 15 is 0 Å². The van der Waals surface area contributed by atoms with Crippen molar-refractivity contribution in [2.75, 3.05) is 6.54 Å². The molecule has 0 aliphatic rings. The maximum atomic E-state index is 13.8. The van der Waals surface area contributed by atoms with E-state index in [1.807, 2.05) is 17.7 Å². The third kappa shape index (κ3) is 4.99. The standard InChI is InChI=1S/C19H20F2N4O2/c1-13-22-8-10-25(13)9-2-7-23-18(26)5-6-19-24-12-17(27-19)15-4-3-14(20)11-16(15)21/h3-4,8,10-12H,2,5-7,9H2,1H3,(H,23,26). The Labute approximate surface area is 155 Å². The van der Waals surface area contributed by atoms with Gasteiger partial charge in [-0.05, 0) is 25.5 Å². The van der Waals surface area contributed by atoms with E-state index in [4.69, 9.17) is 4.42 Å². The minimum Gasteiger partial charge on any atom is -0.441 e. The van der Waals surface area contributed by atoms with Crippen LogP contribution in [0.2, 0.25) is 0 Å². The lowest BCUT2D eigenvalue weighted by Crippen LogP contribution is -2.25. The van der Waals surface area contributed by atoms with Crippen LogP contribution in [0.3, 0.4) is 0 Å². The highest BCUT2D eigenvalue weighted by Crippen LogP contribution is 2.24. The second-order valence-electron chi connectivity index (χ2n) is 6.11. The summed E-state index contributed by atoms with van der Waals surface area (Å²) in [5.41, 5.74) is 0.134. The lowest BCUT2D eigenvalue weighted by Gasteiger charge is -2.06. The molecule has 0 fully saturated rings. The Kier molecular flexibility index (Phi) is 5.95. The number of amides is 1. The van der Waals surface area contributed by atoms with Crippen molar-refractivity contribution in [3.8, 4) is 11.3 Å². The molecule has 1 amide bonds. The lowest BCUT2D eigenvalue weighted by atomic mass is 10.2. The molecule has 0 aliphatic heterocycles. The van der Waals surface area contributed by atoms with Crippen molar-refractivity contribution in [2.24, 2.45) is 0 Å². The average molecular weight is 374 g/mol. The molecule has 8 heteroatoms. The molecular weight excluding hydrogens is 354 g/mol. The molecule has 3 aromatic rings. The Balaban J connectivity index is 1.43. The molecule has 1 aromatic carbocycles. The number of imidazole rings is 1. The van der Waals surface area contributed by atoms with Crippen molar-refractivity contribution in [3.05, 3.63) is 60.1 Å². The van der Waals surface area contributed by atoms with Gasteiger partial charge in [0.15, 0.2) is 11.7 Å². The van der Waals surface area contributed by atoms with Gasteiger partial charge in [0.05, 0.1) is 11.8 Å². The van der Waals surface area contributed by atoms with Crippen LogP contribution in [0.15, 0.2) is 41.2 Å². The molecule has 0 spiro atoms. The third-order valence-corrected chi connectivity index (χ3v) is 4.14. The Bertz CT molecular complexity index is 920. The number of halogens is 2. The van der Waals surface area contributed by atoms with Crippen molar-refractivity contribution < 1.29 is 18.0 Å². The topological polar surface area (TPSA) is 73.0 Å². The van der Waals surface area contributed by atoms with Gasteiger partial charge in [-0.3, -0.25) is 4.79 Å². The van der Waals surface area contributed by atoms with Gasteiger partial charge in [-0.2, -0.15) is 0 Å². The van der Waals surface area contributed by atoms with Crippen LogP contribution >= 0.6 is 0 Å². The lowest BCUT2D eigenvalue weighted by molar-refractivity contribution is -0.121. The second kappa shape index (κ2) is 8.57. The maximum absolute atomic E-state index is 13.8. The molecule has 0 saturated carbocycles. The Morgan fingerprint density at radius 1 is 1.30 bits per heavy atom. The number of rotatable bonds is 8. The molecule has 0 unspecified atom stereocenters. The summed E-state index contributed by atoms with van der Waals surface area (Å²) in [6.45, 7) is 3.29. The Hall–Kier alpha value is -3.03. The molecule has 2 heterocycles. The molecule has 27 heavy (non-hydrogen) atoms. The molecule has 0 bridgehead atoms. The van der Waals surface area contributed by atoms with Gasteiger partial charge in [0.25, 0.3) is 0 Å². The molecule has 1 N–H and O–H groups in total. The number of nitrogens with zero attached hydrogens (tertiary/aromatic N) is 3. The molecule has 3 rings (SSSR count). The normalized spacial score (nSPS) is 10.9. The van der Waals surface area contributed by atoms with Crippen LogP contribution in [-0.4, -0.2) is 27.0 Å². The van der Waals surface area contributed by atoms with E-state index in [0.717, 1.165) is 30.9 Å². The predicted molar refractivity (Wildman–Crippen MR) is 94.8 cm³/mol. The molecule has 0 aliphatic carbocycles. The monoisotopic (exact) mass is 374 g/mol. The highest BCUT2D eigenvalue weighted by atomic mass is 19.1. The number of nitrogens with one attached hydrogen (secondary N) is 1. The summed E-state index contributed by atoms with van der Waals surface area (Å²) in [4.78, 5) is 20.1. The molecule has 0 radical (unpaired) electrons.